The van der Waals surface area contributed by atoms with E-state index in [0.717, 1.165) is 0 Å². The summed E-state index contributed by atoms with van der Waals surface area (Å²) in [4.78, 5) is 15.7. The fourth-order valence-corrected chi connectivity index (χ4v) is 0.250. The molecule has 0 amide bonds. The zero-order chi connectivity index (χ0) is 8.41. The van der Waals surface area contributed by atoms with Gasteiger partial charge in [0.05, 0.1) is 0 Å². The van der Waals surface area contributed by atoms with Gasteiger partial charge in [-0.1, -0.05) is 25.7 Å². The van der Waals surface area contributed by atoms with E-state index in [1.54, 1.807) is 0 Å². The molecule has 7 N–H and O–H groups in total. The molecule has 0 saturated heterocycles. The van der Waals surface area contributed by atoms with Crippen molar-refractivity contribution in [2.24, 2.45) is 0 Å². The zero-order valence-electron chi connectivity index (χ0n) is 8.42. The Hall–Kier alpha value is 0.810. The average molecular weight is 222 g/mol. The van der Waals surface area contributed by atoms with Crippen LogP contribution in [0.5, 0.6) is 0 Å². The molecule has 1 aliphatic carbocycles. The van der Waals surface area contributed by atoms with Gasteiger partial charge in [-0.2, -0.15) is 0 Å². The van der Waals surface area contributed by atoms with Crippen molar-refractivity contribution in [2.45, 2.75) is 25.7 Å². The van der Waals surface area contributed by atoms with Crippen molar-refractivity contribution in [3.8, 4) is 0 Å². The van der Waals surface area contributed by atoms with Crippen LogP contribution in [0, 0.1) is 0 Å². The summed E-state index contributed by atoms with van der Waals surface area (Å²) in [7, 11) is -3.38. The second-order valence-corrected chi connectivity index (χ2v) is 2.21. The predicted octanol–water partition coefficient (Wildman–Crippen LogP) is -1.58. The predicted molar refractivity (Wildman–Crippen MR) is 51.0 cm³/mol. The monoisotopic (exact) mass is 222 g/mol. The maximum atomic E-state index is 8.63. The quantitative estimate of drug-likeness (QED) is 0.258. The zero-order valence-corrected chi connectivity index (χ0v) is 11.4. The van der Waals surface area contributed by atoms with Crippen molar-refractivity contribution in [2.75, 3.05) is 0 Å². The van der Waals surface area contributed by atoms with Crippen LogP contribution in [0.4, 0.5) is 0 Å². The van der Waals surface area contributed by atoms with E-state index in [1.807, 2.05) is 0 Å². The molecule has 7 heteroatoms. The van der Waals surface area contributed by atoms with E-state index in [-0.39, 0.29) is 41.9 Å². The Labute approximate surface area is 103 Å². The summed E-state index contributed by atoms with van der Waals surface area (Å²) in [5, 5.41) is 0. The molecule has 0 spiro atoms. The third kappa shape index (κ3) is 64.7. The molecule has 0 aromatic rings. The third-order valence-electron chi connectivity index (χ3n) is 1.000. The van der Waals surface area contributed by atoms with Gasteiger partial charge in [0.15, 0.2) is 0 Å². The number of hydrogen-bond donors (Lipinski definition) is 3. The smallest absolute Gasteiger partial charge is 0.781 e. The van der Waals surface area contributed by atoms with Crippen molar-refractivity contribution in [1.82, 2.24) is 12.3 Å². The van der Waals surface area contributed by atoms with Gasteiger partial charge in [-0.05, 0) is 0 Å². The van der Waals surface area contributed by atoms with Gasteiger partial charge < -0.3 is 26.7 Å². The number of rotatable bonds is 0. The van der Waals surface area contributed by atoms with Crippen LogP contribution in [0.25, 0.3) is 0 Å². The summed E-state index contributed by atoms with van der Waals surface area (Å²) in [5.41, 5.74) is 0. The first-order chi connectivity index (χ1) is 4.73. The summed E-state index contributed by atoms with van der Waals surface area (Å²) in [5.74, 6) is 0. The molecule has 78 valence electrons. The summed E-state index contributed by atoms with van der Waals surface area (Å²) < 4.78 is 8.63. The van der Waals surface area contributed by atoms with Gasteiger partial charge in [-0.25, -0.2) is 0 Å². The first-order valence-corrected chi connectivity index (χ1v) is 4.40. The van der Waals surface area contributed by atoms with E-state index in [0.29, 0.717) is 0 Å². The molecule has 1 aliphatic rings. The Morgan fingerprint density at radius 3 is 1.15 bits per heavy atom. The maximum absolute atomic E-state index is 8.63. The van der Waals surface area contributed by atoms with Crippen LogP contribution in [0.2, 0.25) is 0 Å². The van der Waals surface area contributed by atoms with Gasteiger partial charge in [0, 0.05) is 0 Å². The van der Waals surface area contributed by atoms with Crippen molar-refractivity contribution < 1.29 is 43.9 Å². The number of hydrogen-bond acceptors (Lipinski definition) is 4. The van der Waals surface area contributed by atoms with Crippen LogP contribution in [0.1, 0.15) is 25.7 Å². The topological polar surface area (TPSA) is 130 Å². The Morgan fingerprint density at radius 2 is 1.15 bits per heavy atom. The summed E-state index contributed by atoms with van der Waals surface area (Å²) >= 11 is 0. The van der Waals surface area contributed by atoms with Gasteiger partial charge in [0.2, 0.25) is 0 Å². The van der Waals surface area contributed by atoms with Crippen molar-refractivity contribution in [1.29, 1.82) is 0 Å². The van der Waals surface area contributed by atoms with Gasteiger partial charge in [-0.15, -0.1) is 13.2 Å². The molecule has 0 heterocycles. The SMILES string of the molecule is C1CCC1.C=C.N.N.O=[PH]([O-])O.[Na+]. The maximum Gasteiger partial charge on any atom is 1.00 e. The summed E-state index contributed by atoms with van der Waals surface area (Å²) in [6.07, 6.45) is 6.00. The normalized spacial score (nSPS) is 12.5. The van der Waals surface area contributed by atoms with E-state index < -0.39 is 8.25 Å². The molecule has 5 nitrogen and oxygen atoms in total. The van der Waals surface area contributed by atoms with Crippen molar-refractivity contribution in [3.63, 3.8) is 0 Å². The first-order valence-electron chi connectivity index (χ1n) is 3.13. The molecular formula is C6H20N2NaO3P. The minimum Gasteiger partial charge on any atom is -0.781 e. The average Bonchev–Trinajstić information content (AvgIpc) is 1.63. The molecule has 0 aliphatic heterocycles. The molecule has 0 aromatic carbocycles. The Morgan fingerprint density at radius 1 is 1.08 bits per heavy atom. The molecule has 0 bridgehead atoms. The minimum atomic E-state index is -3.38. The van der Waals surface area contributed by atoms with E-state index in [2.05, 4.69) is 13.2 Å². The molecule has 1 saturated carbocycles. The van der Waals surface area contributed by atoms with Crippen molar-refractivity contribution in [3.05, 3.63) is 13.2 Å². The molecule has 0 aromatic heterocycles. The summed E-state index contributed by atoms with van der Waals surface area (Å²) in [6, 6.07) is 0. The molecular weight excluding hydrogens is 202 g/mol. The van der Waals surface area contributed by atoms with Gasteiger partial charge in [-0.3, -0.25) is 0 Å². The van der Waals surface area contributed by atoms with Gasteiger partial charge >= 0.3 is 29.6 Å². The van der Waals surface area contributed by atoms with Crippen LogP contribution in [0.3, 0.4) is 0 Å². The van der Waals surface area contributed by atoms with Crippen LogP contribution >= 0.6 is 8.25 Å². The van der Waals surface area contributed by atoms with Crippen LogP contribution in [-0.2, 0) is 4.57 Å². The minimum absolute atomic E-state index is 0. The molecule has 13 heavy (non-hydrogen) atoms. The fraction of sp³-hybridized carbons (Fsp3) is 0.667. The standard InChI is InChI=1S/C4H8.C2H4.2H3N.Na.H3O3P/c1-2-4-3-1;1-2;;;;1-4(2)3/h1-4H2;1-2H2;2*1H3;;4H,(H2,1,2,3)/q;;;;+1;/p-1. The van der Waals surface area contributed by atoms with E-state index in [9.17, 15) is 0 Å². The van der Waals surface area contributed by atoms with E-state index in [1.165, 1.54) is 25.7 Å². The third-order valence-corrected chi connectivity index (χ3v) is 1.000. The largest absolute Gasteiger partial charge is 1.00 e. The molecule has 1 unspecified atom stereocenters. The second kappa shape index (κ2) is 29.3. The Kier molecular flexibility index (Phi) is 65.8. The molecule has 1 fully saturated rings. The summed E-state index contributed by atoms with van der Waals surface area (Å²) in [6.45, 7) is 6.00. The molecule has 1 atom stereocenters. The van der Waals surface area contributed by atoms with Crippen LogP contribution in [0.15, 0.2) is 13.2 Å². The van der Waals surface area contributed by atoms with Crippen LogP contribution in [-0.4, -0.2) is 4.89 Å². The van der Waals surface area contributed by atoms with E-state index >= 15 is 0 Å². The Balaban J connectivity index is -0.0000000232. The fourth-order valence-electron chi connectivity index (χ4n) is 0.250. The van der Waals surface area contributed by atoms with Gasteiger partial charge in [0.25, 0.3) is 0 Å². The van der Waals surface area contributed by atoms with E-state index in [4.69, 9.17) is 14.4 Å². The van der Waals surface area contributed by atoms with Crippen LogP contribution < -0.4 is 46.8 Å². The first kappa shape index (κ1) is 29.2. The van der Waals surface area contributed by atoms with Crippen molar-refractivity contribution >= 4 is 8.25 Å². The molecule has 0 radical (unpaired) electrons. The second-order valence-electron chi connectivity index (χ2n) is 1.68. The van der Waals surface area contributed by atoms with Gasteiger partial charge in [0.1, 0.15) is 8.25 Å². The Bertz CT molecular complexity index is 85.9. The molecule has 1 rings (SSSR count).